The number of unbranched alkanes of at least 4 members (excludes halogenated alkanes) is 1. The van der Waals surface area contributed by atoms with Crippen molar-refractivity contribution in [2.45, 2.75) is 24.1 Å². The summed E-state index contributed by atoms with van der Waals surface area (Å²) < 4.78 is 1.85. The molecule has 142 valence electrons. The fourth-order valence-electron chi connectivity index (χ4n) is 2.97. The van der Waals surface area contributed by atoms with Crippen molar-refractivity contribution in [2.24, 2.45) is 0 Å². The first kappa shape index (κ1) is 18.6. The number of nitrogens with zero attached hydrogens (tertiary/aromatic N) is 3. The molecule has 0 N–H and O–H groups in total. The molecule has 7 nitrogen and oxygen atoms in total. The Labute approximate surface area is 168 Å². The van der Waals surface area contributed by atoms with Crippen LogP contribution in [0.25, 0.3) is 10.2 Å². The number of nitro groups is 1. The maximum atomic E-state index is 12.8. The Morgan fingerprint density at radius 1 is 1.14 bits per heavy atom. The highest BCUT2D eigenvalue weighted by atomic mass is 32.2. The largest absolute Gasteiger partial charge is 0.270 e. The average Bonchev–Trinajstić information content (AvgIpc) is 3.19. The van der Waals surface area contributed by atoms with Crippen LogP contribution in [0.3, 0.4) is 0 Å². The van der Waals surface area contributed by atoms with Crippen molar-refractivity contribution in [2.75, 3.05) is 10.7 Å². The third kappa shape index (κ3) is 3.16. The molecular weight excluding hydrogens is 398 g/mol. The van der Waals surface area contributed by atoms with Crippen molar-refractivity contribution in [3.63, 3.8) is 0 Å². The van der Waals surface area contributed by atoms with Crippen LogP contribution in [0.5, 0.6) is 0 Å². The van der Waals surface area contributed by atoms with E-state index in [4.69, 9.17) is 0 Å². The molecule has 0 aliphatic carbocycles. The number of thioether (sulfide) groups is 1. The lowest BCUT2D eigenvalue weighted by atomic mass is 10.1. The van der Waals surface area contributed by atoms with Gasteiger partial charge in [0, 0.05) is 17.9 Å². The number of hydrogen-bond donors (Lipinski definition) is 0. The zero-order chi connectivity index (χ0) is 19.8. The smallest absolute Gasteiger partial charge is 0.268 e. The highest BCUT2D eigenvalue weighted by Gasteiger charge is 2.38. The van der Waals surface area contributed by atoms with Crippen molar-refractivity contribution >= 4 is 56.5 Å². The van der Waals surface area contributed by atoms with Crippen molar-refractivity contribution in [3.8, 4) is 0 Å². The molecular formula is C19H15N3O4S2. The number of benzene rings is 2. The summed E-state index contributed by atoms with van der Waals surface area (Å²) in [5, 5.41) is 11.0. The Morgan fingerprint density at radius 2 is 1.93 bits per heavy atom. The molecule has 0 fully saturated rings. The third-order valence-corrected chi connectivity index (χ3v) is 6.66. The van der Waals surface area contributed by atoms with Crippen LogP contribution in [-0.4, -0.2) is 27.5 Å². The molecule has 4 rings (SSSR count). The van der Waals surface area contributed by atoms with Gasteiger partial charge in [-0.25, -0.2) is 9.88 Å². The number of hydrogen-bond acceptors (Lipinski definition) is 7. The van der Waals surface area contributed by atoms with E-state index in [2.05, 4.69) is 11.9 Å². The quantitative estimate of drug-likeness (QED) is 0.188. The van der Waals surface area contributed by atoms with E-state index in [9.17, 15) is 19.7 Å². The molecule has 9 heteroatoms. The summed E-state index contributed by atoms with van der Waals surface area (Å²) in [5.74, 6) is -0.0261. The van der Waals surface area contributed by atoms with Crippen LogP contribution >= 0.6 is 23.1 Å². The van der Waals surface area contributed by atoms with Gasteiger partial charge in [-0.15, -0.1) is 11.3 Å². The zero-order valence-electron chi connectivity index (χ0n) is 14.9. The Hall–Kier alpha value is -2.78. The second kappa shape index (κ2) is 7.33. The van der Waals surface area contributed by atoms with Crippen LogP contribution in [0.1, 0.15) is 40.5 Å². The first-order valence-electron chi connectivity index (χ1n) is 8.70. The van der Waals surface area contributed by atoms with Gasteiger partial charge < -0.3 is 0 Å². The summed E-state index contributed by atoms with van der Waals surface area (Å²) in [5.41, 5.74) is 1.28. The first-order chi connectivity index (χ1) is 13.5. The van der Waals surface area contributed by atoms with Gasteiger partial charge in [-0.05, 0) is 30.7 Å². The second-order valence-electron chi connectivity index (χ2n) is 6.27. The van der Waals surface area contributed by atoms with E-state index in [0.29, 0.717) is 5.69 Å². The summed E-state index contributed by atoms with van der Waals surface area (Å²) >= 11 is 3.23. The summed E-state index contributed by atoms with van der Waals surface area (Å²) in [6, 6.07) is 8.97. The van der Waals surface area contributed by atoms with E-state index in [1.807, 2.05) is 0 Å². The number of amides is 2. The van der Waals surface area contributed by atoms with E-state index in [0.717, 1.165) is 44.1 Å². The lowest BCUT2D eigenvalue weighted by molar-refractivity contribution is -0.384. The van der Waals surface area contributed by atoms with Crippen LogP contribution in [0, 0.1) is 10.1 Å². The molecule has 28 heavy (non-hydrogen) atoms. The molecule has 1 aromatic heterocycles. The predicted molar refractivity (Wildman–Crippen MR) is 109 cm³/mol. The van der Waals surface area contributed by atoms with Gasteiger partial charge in [-0.3, -0.25) is 19.7 Å². The monoisotopic (exact) mass is 413 g/mol. The van der Waals surface area contributed by atoms with E-state index in [1.165, 1.54) is 23.5 Å². The maximum absolute atomic E-state index is 12.8. The molecule has 0 unspecified atom stereocenters. The van der Waals surface area contributed by atoms with Gasteiger partial charge >= 0.3 is 0 Å². The molecule has 3 aromatic rings. The normalized spacial score (nSPS) is 13.4. The van der Waals surface area contributed by atoms with Crippen molar-refractivity contribution in [1.29, 1.82) is 0 Å². The predicted octanol–water partition coefficient (Wildman–Crippen LogP) is 4.90. The summed E-state index contributed by atoms with van der Waals surface area (Å²) in [4.78, 5) is 41.5. The van der Waals surface area contributed by atoms with Crippen LogP contribution in [0.4, 0.5) is 11.4 Å². The second-order valence-corrected chi connectivity index (χ2v) is 8.64. The Kier molecular flexibility index (Phi) is 4.86. The minimum atomic E-state index is -0.582. The number of nitro benzene ring substituents is 1. The number of non-ortho nitro benzene ring substituents is 1. The molecule has 0 saturated heterocycles. The minimum Gasteiger partial charge on any atom is -0.268 e. The molecule has 1 aliphatic rings. The molecule has 0 radical (unpaired) electrons. The number of imide groups is 1. The fraction of sp³-hybridized carbons (Fsp3) is 0.211. The first-order valence-corrected chi connectivity index (χ1v) is 10.5. The minimum absolute atomic E-state index is 0.0550. The van der Waals surface area contributed by atoms with Crippen molar-refractivity contribution in [3.05, 3.63) is 57.6 Å². The van der Waals surface area contributed by atoms with E-state index >= 15 is 0 Å². The zero-order valence-corrected chi connectivity index (χ0v) is 16.5. The van der Waals surface area contributed by atoms with Gasteiger partial charge in [0.1, 0.15) is 0 Å². The molecule has 0 saturated carbocycles. The number of carbonyl (C=O) groups excluding carboxylic acids is 2. The SMILES string of the molecule is CCCCSc1nc2ccc(N3C(=O)c4ccc([N+](=O)[O-])cc4C3=O)cc2s1. The maximum Gasteiger partial charge on any atom is 0.270 e. The van der Waals surface area contributed by atoms with Gasteiger partial charge in [0.05, 0.1) is 32.0 Å². The van der Waals surface area contributed by atoms with E-state index in [1.54, 1.807) is 30.0 Å². The van der Waals surface area contributed by atoms with Gasteiger partial charge in [0.15, 0.2) is 4.34 Å². The van der Waals surface area contributed by atoms with Crippen molar-refractivity contribution < 1.29 is 14.5 Å². The topological polar surface area (TPSA) is 93.4 Å². The van der Waals surface area contributed by atoms with E-state index in [-0.39, 0.29) is 16.8 Å². The van der Waals surface area contributed by atoms with Crippen LogP contribution in [0.2, 0.25) is 0 Å². The van der Waals surface area contributed by atoms with Gasteiger partial charge in [0.25, 0.3) is 17.5 Å². The molecule has 0 spiro atoms. The Morgan fingerprint density at radius 3 is 2.68 bits per heavy atom. The average molecular weight is 413 g/mol. The van der Waals surface area contributed by atoms with Crippen molar-refractivity contribution in [1.82, 2.24) is 4.98 Å². The number of aromatic nitrogens is 1. The number of anilines is 1. The molecule has 0 atom stereocenters. The third-order valence-electron chi connectivity index (χ3n) is 4.41. The summed E-state index contributed by atoms with van der Waals surface area (Å²) in [7, 11) is 0. The van der Waals surface area contributed by atoms with Gasteiger partial charge in [-0.2, -0.15) is 0 Å². The number of fused-ring (bicyclic) bond motifs is 2. The van der Waals surface area contributed by atoms with Crippen LogP contribution < -0.4 is 4.90 Å². The van der Waals surface area contributed by atoms with Gasteiger partial charge in [0.2, 0.25) is 0 Å². The number of thiazole rings is 1. The van der Waals surface area contributed by atoms with Crippen LogP contribution in [0.15, 0.2) is 40.7 Å². The Bertz CT molecular complexity index is 1130. The molecule has 1 aliphatic heterocycles. The summed E-state index contributed by atoms with van der Waals surface area (Å²) in [6.07, 6.45) is 2.24. The number of carbonyl (C=O) groups is 2. The molecule has 0 bridgehead atoms. The number of rotatable bonds is 6. The molecule has 2 aromatic carbocycles. The van der Waals surface area contributed by atoms with Gasteiger partial charge in [-0.1, -0.05) is 25.1 Å². The van der Waals surface area contributed by atoms with Crippen LogP contribution in [-0.2, 0) is 0 Å². The highest BCUT2D eigenvalue weighted by molar-refractivity contribution is 8.01. The lowest BCUT2D eigenvalue weighted by Gasteiger charge is -2.13. The molecule has 2 heterocycles. The fourth-order valence-corrected chi connectivity index (χ4v) is 5.23. The molecule has 2 amide bonds. The summed E-state index contributed by atoms with van der Waals surface area (Å²) in [6.45, 7) is 2.14. The lowest BCUT2D eigenvalue weighted by Crippen LogP contribution is -2.29. The highest BCUT2D eigenvalue weighted by Crippen LogP contribution is 2.35. The van der Waals surface area contributed by atoms with E-state index < -0.39 is 16.7 Å². The Balaban J connectivity index is 1.66. The standard InChI is InChI=1S/C19H15N3O4S2/c1-2-3-8-27-19-20-15-7-5-11(10-16(15)28-19)21-17(23)13-6-4-12(22(25)26)9-14(13)18(21)24/h4-7,9-10H,2-3,8H2,1H3.